The van der Waals surface area contributed by atoms with Crippen molar-refractivity contribution >= 4 is 22.2 Å². The maximum atomic E-state index is 13.6. The van der Waals surface area contributed by atoms with Gasteiger partial charge in [-0.2, -0.15) is 0 Å². The summed E-state index contributed by atoms with van der Waals surface area (Å²) in [5.41, 5.74) is 2.95. The zero-order chi connectivity index (χ0) is 20.7. The number of para-hydroxylation sites is 1. The predicted molar refractivity (Wildman–Crippen MR) is 114 cm³/mol. The minimum atomic E-state index is -0.308. The van der Waals surface area contributed by atoms with Crippen molar-refractivity contribution in [3.8, 4) is 17.0 Å². The van der Waals surface area contributed by atoms with E-state index in [0.29, 0.717) is 28.5 Å². The number of likely N-dealkylation sites (tertiary alicyclic amines) is 1. The van der Waals surface area contributed by atoms with Crippen LogP contribution in [0.4, 0.5) is 4.39 Å². The highest BCUT2D eigenvalue weighted by Gasteiger charge is 2.33. The van der Waals surface area contributed by atoms with E-state index in [1.54, 1.807) is 13.2 Å². The van der Waals surface area contributed by atoms with Crippen LogP contribution in [-0.2, 0) is 0 Å². The summed E-state index contributed by atoms with van der Waals surface area (Å²) in [7, 11) is 1.65. The topological polar surface area (TPSA) is 46.8 Å². The number of ether oxygens (including phenoxy) is 1. The van der Waals surface area contributed by atoms with Gasteiger partial charge in [-0.05, 0) is 31.0 Å². The molecule has 0 unspecified atom stereocenters. The van der Waals surface area contributed by atoms with Gasteiger partial charge in [0.25, 0.3) is 5.91 Å². The normalized spacial score (nSPS) is 16.3. The summed E-state index contributed by atoms with van der Waals surface area (Å²) in [5.74, 6) is 0.461. The van der Waals surface area contributed by atoms with Gasteiger partial charge in [-0.25, -0.2) is 9.37 Å². The lowest BCUT2D eigenvalue weighted by Crippen LogP contribution is -2.31. The van der Waals surface area contributed by atoms with Crippen LogP contribution in [0.5, 0.6) is 5.75 Å². The number of imidazole rings is 1. The van der Waals surface area contributed by atoms with Gasteiger partial charge >= 0.3 is 0 Å². The van der Waals surface area contributed by atoms with Crippen LogP contribution in [0.3, 0.4) is 0 Å². The lowest BCUT2D eigenvalue weighted by molar-refractivity contribution is 0.0727. The summed E-state index contributed by atoms with van der Waals surface area (Å²) in [6, 6.07) is 14.2. The van der Waals surface area contributed by atoms with Crippen LogP contribution in [0.1, 0.15) is 34.9 Å². The zero-order valence-electron chi connectivity index (χ0n) is 16.4. The summed E-state index contributed by atoms with van der Waals surface area (Å²) in [4.78, 5) is 20.7. The average molecular weight is 421 g/mol. The van der Waals surface area contributed by atoms with Crippen LogP contribution in [-0.4, -0.2) is 33.8 Å². The molecule has 0 aliphatic carbocycles. The quantitative estimate of drug-likeness (QED) is 0.456. The molecule has 1 amide bonds. The van der Waals surface area contributed by atoms with Gasteiger partial charge in [0.1, 0.15) is 17.3 Å². The van der Waals surface area contributed by atoms with Crippen LogP contribution in [0.25, 0.3) is 16.2 Å². The Bertz CT molecular complexity index is 1230. The molecule has 2 aromatic heterocycles. The van der Waals surface area contributed by atoms with Crippen molar-refractivity contribution in [3.05, 3.63) is 77.2 Å². The largest absolute Gasteiger partial charge is 0.496 e. The Morgan fingerprint density at radius 3 is 2.93 bits per heavy atom. The van der Waals surface area contributed by atoms with E-state index in [9.17, 15) is 9.18 Å². The average Bonchev–Trinajstić information content (AvgIpc) is 3.48. The fourth-order valence-corrected chi connectivity index (χ4v) is 4.99. The Labute approximate surface area is 177 Å². The van der Waals surface area contributed by atoms with Crippen molar-refractivity contribution in [2.45, 2.75) is 18.9 Å². The second kappa shape index (κ2) is 7.57. The minimum Gasteiger partial charge on any atom is -0.496 e. The van der Waals surface area contributed by atoms with Crippen molar-refractivity contribution in [1.82, 2.24) is 14.3 Å². The van der Waals surface area contributed by atoms with Crippen LogP contribution >= 0.6 is 11.3 Å². The van der Waals surface area contributed by atoms with Crippen molar-refractivity contribution in [3.63, 3.8) is 0 Å². The lowest BCUT2D eigenvalue weighted by atomic mass is 10.0. The Morgan fingerprint density at radius 1 is 1.23 bits per heavy atom. The molecule has 0 saturated carbocycles. The number of amides is 1. The molecule has 5 rings (SSSR count). The van der Waals surface area contributed by atoms with E-state index in [0.717, 1.165) is 24.2 Å². The van der Waals surface area contributed by atoms with Crippen LogP contribution in [0, 0.1) is 5.82 Å². The van der Waals surface area contributed by atoms with E-state index in [4.69, 9.17) is 4.74 Å². The molecule has 3 heterocycles. The molecule has 1 aliphatic rings. The maximum Gasteiger partial charge on any atom is 0.272 e. The Hall–Kier alpha value is -3.19. The SMILES string of the molecule is COc1ccccc1[C@@H]1CCCN1C(=O)c1csc2nc(-c3cccc(F)c3)cn12. The first kappa shape index (κ1) is 18.8. The number of nitrogens with zero attached hydrogens (tertiary/aromatic N) is 3. The van der Waals surface area contributed by atoms with Crippen molar-refractivity contribution in [2.24, 2.45) is 0 Å². The molecule has 1 aliphatic heterocycles. The summed E-state index contributed by atoms with van der Waals surface area (Å²) >= 11 is 1.41. The summed E-state index contributed by atoms with van der Waals surface area (Å²) < 4.78 is 20.9. The molecule has 0 spiro atoms. The molecule has 0 radical (unpaired) electrons. The van der Waals surface area contributed by atoms with Gasteiger partial charge in [0.15, 0.2) is 4.96 Å². The van der Waals surface area contributed by atoms with E-state index in [2.05, 4.69) is 4.98 Å². The Balaban J connectivity index is 1.50. The molecule has 4 aromatic rings. The third-order valence-corrected chi connectivity index (χ3v) is 6.40. The molecular weight excluding hydrogens is 401 g/mol. The standard InChI is InChI=1S/C23H20FN3O2S/c1-29-21-10-3-2-8-17(21)19-9-5-11-26(19)22(28)20-14-30-23-25-18(13-27(20)23)15-6-4-7-16(24)12-15/h2-4,6-8,10,12-14,19H,5,9,11H2,1H3/t19-/m0/s1. The second-order valence-electron chi connectivity index (χ2n) is 7.31. The maximum absolute atomic E-state index is 13.6. The molecule has 7 heteroatoms. The van der Waals surface area contributed by atoms with Crippen molar-refractivity contribution in [1.29, 1.82) is 0 Å². The predicted octanol–water partition coefficient (Wildman–Crippen LogP) is 5.19. The van der Waals surface area contributed by atoms with E-state index < -0.39 is 0 Å². The van der Waals surface area contributed by atoms with Crippen LogP contribution in [0.2, 0.25) is 0 Å². The molecule has 152 valence electrons. The van der Waals surface area contributed by atoms with Gasteiger partial charge in [0, 0.05) is 29.2 Å². The van der Waals surface area contributed by atoms with Gasteiger partial charge in [-0.15, -0.1) is 11.3 Å². The number of methoxy groups -OCH3 is 1. The van der Waals surface area contributed by atoms with E-state index in [1.807, 2.05) is 51.2 Å². The highest BCUT2D eigenvalue weighted by molar-refractivity contribution is 7.15. The summed E-state index contributed by atoms with van der Waals surface area (Å²) in [6.07, 6.45) is 3.65. The number of halogens is 1. The number of fused-ring (bicyclic) bond motifs is 1. The number of hydrogen-bond donors (Lipinski definition) is 0. The molecule has 30 heavy (non-hydrogen) atoms. The van der Waals surface area contributed by atoms with Gasteiger partial charge in [0.2, 0.25) is 0 Å². The number of aromatic nitrogens is 2. The summed E-state index contributed by atoms with van der Waals surface area (Å²) in [6.45, 7) is 0.699. The van der Waals surface area contributed by atoms with Gasteiger partial charge < -0.3 is 9.64 Å². The second-order valence-corrected chi connectivity index (χ2v) is 8.15. The molecule has 1 saturated heterocycles. The fraction of sp³-hybridized carbons (Fsp3) is 0.217. The molecule has 2 aromatic carbocycles. The van der Waals surface area contributed by atoms with E-state index in [1.165, 1.54) is 23.5 Å². The van der Waals surface area contributed by atoms with Crippen molar-refractivity contribution in [2.75, 3.05) is 13.7 Å². The van der Waals surface area contributed by atoms with E-state index >= 15 is 0 Å². The third-order valence-electron chi connectivity index (χ3n) is 5.56. The Kier molecular flexibility index (Phi) is 4.75. The van der Waals surface area contributed by atoms with Gasteiger partial charge in [-0.3, -0.25) is 9.20 Å². The number of thiazole rings is 1. The molecule has 0 bridgehead atoms. The first-order chi connectivity index (χ1) is 14.7. The third kappa shape index (κ3) is 3.15. The number of carbonyl (C=O) groups is 1. The van der Waals surface area contributed by atoms with Crippen molar-refractivity contribution < 1.29 is 13.9 Å². The highest BCUT2D eigenvalue weighted by atomic mass is 32.1. The smallest absolute Gasteiger partial charge is 0.272 e. The minimum absolute atomic E-state index is 0.0187. The van der Waals surface area contributed by atoms with Gasteiger partial charge in [-0.1, -0.05) is 30.3 Å². The lowest BCUT2D eigenvalue weighted by Gasteiger charge is -2.26. The molecule has 1 fully saturated rings. The molecule has 0 N–H and O–H groups in total. The van der Waals surface area contributed by atoms with Gasteiger partial charge in [0.05, 0.1) is 18.8 Å². The fourth-order valence-electron chi connectivity index (χ4n) is 4.15. The first-order valence-corrected chi connectivity index (χ1v) is 10.7. The Morgan fingerprint density at radius 2 is 2.10 bits per heavy atom. The van der Waals surface area contributed by atoms with E-state index in [-0.39, 0.29) is 17.8 Å². The molecule has 1 atom stereocenters. The first-order valence-electron chi connectivity index (χ1n) is 9.82. The number of carbonyl (C=O) groups excluding carboxylic acids is 1. The highest BCUT2D eigenvalue weighted by Crippen LogP contribution is 2.38. The molecular formula is C23H20FN3O2S. The summed E-state index contributed by atoms with van der Waals surface area (Å²) in [5, 5.41) is 1.84. The van der Waals surface area contributed by atoms with Crippen LogP contribution < -0.4 is 4.74 Å². The number of hydrogen-bond acceptors (Lipinski definition) is 4. The molecule has 5 nitrogen and oxygen atoms in total. The zero-order valence-corrected chi connectivity index (χ0v) is 17.2. The number of rotatable bonds is 4. The number of benzene rings is 2. The monoisotopic (exact) mass is 421 g/mol. The van der Waals surface area contributed by atoms with Crippen LogP contribution in [0.15, 0.2) is 60.1 Å².